The van der Waals surface area contributed by atoms with Gasteiger partial charge < -0.3 is 5.32 Å². The molecule has 3 rings (SSSR count). The third-order valence-electron chi connectivity index (χ3n) is 3.04. The SMILES string of the molecule is O=C(NCc1ccccc1F)c1ncc2ccccn12. The van der Waals surface area contributed by atoms with E-state index in [4.69, 9.17) is 0 Å². The second kappa shape index (κ2) is 5.13. The van der Waals surface area contributed by atoms with Gasteiger partial charge in [-0.3, -0.25) is 9.20 Å². The van der Waals surface area contributed by atoms with Crippen LogP contribution >= 0.6 is 0 Å². The molecule has 1 aromatic carbocycles. The van der Waals surface area contributed by atoms with E-state index in [-0.39, 0.29) is 24.1 Å². The number of imidazole rings is 1. The first-order chi connectivity index (χ1) is 9.75. The molecule has 0 fully saturated rings. The van der Waals surface area contributed by atoms with Crippen LogP contribution in [0.2, 0.25) is 0 Å². The van der Waals surface area contributed by atoms with Gasteiger partial charge in [0.05, 0.1) is 11.7 Å². The van der Waals surface area contributed by atoms with Crippen molar-refractivity contribution in [2.24, 2.45) is 0 Å². The van der Waals surface area contributed by atoms with Gasteiger partial charge in [-0.05, 0) is 18.2 Å². The van der Waals surface area contributed by atoms with Crippen molar-refractivity contribution in [3.05, 3.63) is 72.1 Å². The second-order valence-electron chi connectivity index (χ2n) is 4.35. The Morgan fingerprint density at radius 2 is 2.00 bits per heavy atom. The van der Waals surface area contributed by atoms with E-state index >= 15 is 0 Å². The average molecular weight is 269 g/mol. The highest BCUT2D eigenvalue weighted by Crippen LogP contribution is 2.08. The Morgan fingerprint density at radius 3 is 2.85 bits per heavy atom. The van der Waals surface area contributed by atoms with Crippen LogP contribution in [0.3, 0.4) is 0 Å². The minimum absolute atomic E-state index is 0.132. The van der Waals surface area contributed by atoms with Crippen molar-refractivity contribution in [3.8, 4) is 0 Å². The fourth-order valence-electron chi connectivity index (χ4n) is 2.01. The Morgan fingerprint density at radius 1 is 1.20 bits per heavy atom. The van der Waals surface area contributed by atoms with Gasteiger partial charge in [0.1, 0.15) is 5.82 Å². The topological polar surface area (TPSA) is 46.4 Å². The molecule has 2 heterocycles. The zero-order valence-electron chi connectivity index (χ0n) is 10.6. The number of hydrogen-bond donors (Lipinski definition) is 1. The van der Waals surface area contributed by atoms with Crippen LogP contribution in [0.5, 0.6) is 0 Å². The lowest BCUT2D eigenvalue weighted by Crippen LogP contribution is -2.25. The number of benzene rings is 1. The number of hydrogen-bond acceptors (Lipinski definition) is 2. The van der Waals surface area contributed by atoms with Crippen LogP contribution in [0.4, 0.5) is 4.39 Å². The van der Waals surface area contributed by atoms with Crippen LogP contribution in [0.1, 0.15) is 16.2 Å². The Bertz CT molecular complexity index is 766. The monoisotopic (exact) mass is 269 g/mol. The van der Waals surface area contributed by atoms with Crippen molar-refractivity contribution < 1.29 is 9.18 Å². The van der Waals surface area contributed by atoms with Gasteiger partial charge in [-0.1, -0.05) is 24.3 Å². The third-order valence-corrected chi connectivity index (χ3v) is 3.04. The summed E-state index contributed by atoms with van der Waals surface area (Å²) in [6, 6.07) is 11.9. The summed E-state index contributed by atoms with van der Waals surface area (Å²) in [4.78, 5) is 16.2. The summed E-state index contributed by atoms with van der Waals surface area (Å²) < 4.78 is 15.2. The van der Waals surface area contributed by atoms with Gasteiger partial charge in [0.25, 0.3) is 5.91 Å². The van der Waals surface area contributed by atoms with E-state index in [0.717, 1.165) is 5.52 Å². The van der Waals surface area contributed by atoms with Crippen molar-refractivity contribution in [2.75, 3.05) is 0 Å². The maximum atomic E-state index is 13.5. The summed E-state index contributed by atoms with van der Waals surface area (Å²) >= 11 is 0. The van der Waals surface area contributed by atoms with Crippen LogP contribution in [0.25, 0.3) is 5.52 Å². The van der Waals surface area contributed by atoms with Crippen LogP contribution in [0.15, 0.2) is 54.9 Å². The van der Waals surface area contributed by atoms with Crippen molar-refractivity contribution in [1.82, 2.24) is 14.7 Å². The molecule has 0 aliphatic rings. The summed E-state index contributed by atoms with van der Waals surface area (Å²) in [5, 5.41) is 2.67. The van der Waals surface area contributed by atoms with Gasteiger partial charge in [-0.25, -0.2) is 9.37 Å². The number of amides is 1. The van der Waals surface area contributed by atoms with Gasteiger partial charge in [0.15, 0.2) is 0 Å². The zero-order chi connectivity index (χ0) is 13.9. The molecule has 0 unspecified atom stereocenters. The summed E-state index contributed by atoms with van der Waals surface area (Å²) in [6.07, 6.45) is 3.39. The zero-order valence-corrected chi connectivity index (χ0v) is 10.6. The van der Waals surface area contributed by atoms with Gasteiger partial charge in [0, 0.05) is 18.3 Å². The minimum atomic E-state index is -0.334. The normalized spacial score (nSPS) is 10.7. The van der Waals surface area contributed by atoms with E-state index < -0.39 is 0 Å². The third kappa shape index (κ3) is 2.25. The molecule has 0 aliphatic heterocycles. The highest BCUT2D eigenvalue weighted by atomic mass is 19.1. The number of nitrogens with zero attached hydrogens (tertiary/aromatic N) is 2. The quantitative estimate of drug-likeness (QED) is 0.793. The molecule has 1 amide bonds. The lowest BCUT2D eigenvalue weighted by Gasteiger charge is -2.05. The first-order valence-electron chi connectivity index (χ1n) is 6.19. The van der Waals surface area contributed by atoms with E-state index in [2.05, 4.69) is 10.3 Å². The standard InChI is InChI=1S/C15H12FN3O/c16-13-7-2-1-5-11(13)9-18-15(20)14-17-10-12-6-3-4-8-19(12)14/h1-8,10H,9H2,(H,18,20). The molecule has 3 aromatic rings. The van der Waals surface area contributed by atoms with E-state index in [1.807, 2.05) is 18.2 Å². The Kier molecular flexibility index (Phi) is 3.16. The van der Waals surface area contributed by atoms with E-state index in [1.165, 1.54) is 6.07 Å². The molecule has 4 nitrogen and oxygen atoms in total. The maximum Gasteiger partial charge on any atom is 0.287 e. The predicted octanol–water partition coefficient (Wildman–Crippen LogP) is 2.40. The van der Waals surface area contributed by atoms with Crippen molar-refractivity contribution in [3.63, 3.8) is 0 Å². The largest absolute Gasteiger partial charge is 0.345 e. The number of rotatable bonds is 3. The summed E-state index contributed by atoms with van der Waals surface area (Å²) in [5.74, 6) is -0.378. The van der Waals surface area contributed by atoms with E-state index in [9.17, 15) is 9.18 Å². The predicted molar refractivity (Wildman–Crippen MR) is 72.8 cm³/mol. The molecule has 0 atom stereocenters. The van der Waals surface area contributed by atoms with Gasteiger partial charge in [0.2, 0.25) is 5.82 Å². The first-order valence-corrected chi connectivity index (χ1v) is 6.19. The molecule has 0 saturated carbocycles. The summed E-state index contributed by atoms with van der Waals surface area (Å²) in [5.41, 5.74) is 1.28. The van der Waals surface area contributed by atoms with Gasteiger partial charge in [-0.2, -0.15) is 0 Å². The molecule has 2 aromatic heterocycles. The molecule has 0 bridgehead atoms. The number of aromatic nitrogens is 2. The Hall–Kier alpha value is -2.69. The number of carbonyl (C=O) groups is 1. The number of halogens is 1. The van der Waals surface area contributed by atoms with Crippen molar-refractivity contribution >= 4 is 11.4 Å². The lowest BCUT2D eigenvalue weighted by atomic mass is 10.2. The average Bonchev–Trinajstić information content (AvgIpc) is 2.90. The number of nitrogens with one attached hydrogen (secondary N) is 1. The number of carbonyl (C=O) groups excluding carboxylic acids is 1. The Balaban J connectivity index is 1.79. The van der Waals surface area contributed by atoms with Crippen LogP contribution in [-0.4, -0.2) is 15.3 Å². The van der Waals surface area contributed by atoms with E-state index in [0.29, 0.717) is 5.56 Å². The van der Waals surface area contributed by atoms with Crippen LogP contribution in [-0.2, 0) is 6.54 Å². The number of fused-ring (bicyclic) bond motifs is 1. The van der Waals surface area contributed by atoms with Crippen LogP contribution in [0, 0.1) is 5.82 Å². The van der Waals surface area contributed by atoms with Gasteiger partial charge in [-0.15, -0.1) is 0 Å². The smallest absolute Gasteiger partial charge is 0.287 e. The molecular weight excluding hydrogens is 257 g/mol. The van der Waals surface area contributed by atoms with E-state index in [1.54, 1.807) is 35.0 Å². The lowest BCUT2D eigenvalue weighted by molar-refractivity contribution is 0.0939. The fraction of sp³-hybridized carbons (Fsp3) is 0.0667. The first kappa shape index (κ1) is 12.3. The fourth-order valence-corrected chi connectivity index (χ4v) is 2.01. The van der Waals surface area contributed by atoms with Crippen LogP contribution < -0.4 is 5.32 Å². The molecule has 20 heavy (non-hydrogen) atoms. The minimum Gasteiger partial charge on any atom is -0.345 e. The second-order valence-corrected chi connectivity index (χ2v) is 4.35. The molecule has 0 saturated heterocycles. The Labute approximate surface area is 114 Å². The summed E-state index contributed by atoms with van der Waals surface area (Å²) in [6.45, 7) is 0.132. The molecule has 5 heteroatoms. The maximum absolute atomic E-state index is 13.5. The molecule has 1 N–H and O–H groups in total. The molecule has 0 aliphatic carbocycles. The highest BCUT2D eigenvalue weighted by Gasteiger charge is 2.12. The molecule has 0 spiro atoms. The molecule has 100 valence electrons. The van der Waals surface area contributed by atoms with Crippen molar-refractivity contribution in [2.45, 2.75) is 6.54 Å². The number of pyridine rings is 1. The van der Waals surface area contributed by atoms with Crippen molar-refractivity contribution in [1.29, 1.82) is 0 Å². The molecular formula is C15H12FN3O. The summed E-state index contributed by atoms with van der Waals surface area (Å²) in [7, 11) is 0. The highest BCUT2D eigenvalue weighted by molar-refractivity contribution is 5.91. The molecule has 0 radical (unpaired) electrons. The van der Waals surface area contributed by atoms with Gasteiger partial charge >= 0.3 is 0 Å².